The fourth-order valence-corrected chi connectivity index (χ4v) is 4.67. The van der Waals surface area contributed by atoms with Crippen molar-refractivity contribution in [3.8, 4) is 0 Å². The molecule has 1 fully saturated rings. The Bertz CT molecular complexity index is 714. The van der Waals surface area contributed by atoms with Crippen molar-refractivity contribution < 1.29 is 47.3 Å². The molecule has 1 aliphatic rings. The van der Waals surface area contributed by atoms with Crippen molar-refractivity contribution in [1.82, 2.24) is 0 Å². The van der Waals surface area contributed by atoms with Gasteiger partial charge in [-0.3, -0.25) is 16.1 Å². The van der Waals surface area contributed by atoms with Crippen molar-refractivity contribution in [2.24, 2.45) is 5.92 Å². The van der Waals surface area contributed by atoms with Gasteiger partial charge in [0, 0.05) is 58.3 Å². The summed E-state index contributed by atoms with van der Waals surface area (Å²) >= 11 is 1.58. The molecule has 1 aromatic heterocycles. The maximum atomic E-state index is 12.7. The van der Waals surface area contributed by atoms with Crippen LogP contribution in [-0.4, -0.2) is 17.5 Å². The van der Waals surface area contributed by atoms with Crippen LogP contribution in [0.25, 0.3) is 0 Å². The van der Waals surface area contributed by atoms with E-state index in [0.717, 1.165) is 49.7 Å². The number of hydrogen-bond donors (Lipinski definition) is 1. The number of hydrogen-bond acceptors (Lipinski definition) is 4. The Morgan fingerprint density at radius 2 is 2.03 bits per heavy atom. The number of rotatable bonds is 10. The van der Waals surface area contributed by atoms with Crippen LogP contribution < -0.4 is 0 Å². The standard InChI is InChI=1S/C24H31O3S.Y/c1-2-3-4-9-22(25)18-11-13-19(14-12-18)24-20(7-5-10-23(24)26)16-27-17-21-8-6-15-28-21;/h6,8,11-14,20,22,24-25H,2-5,7,9-10,16-17H2,1H3;/q-1;. The molecule has 1 aliphatic carbocycles. The zero-order chi connectivity index (χ0) is 19.8. The number of thiophene rings is 1. The Hall–Kier alpha value is -0.386. The smallest absolute Gasteiger partial charge is 0.140 e. The molecule has 2 aromatic rings. The maximum Gasteiger partial charge on any atom is 0.140 e. The van der Waals surface area contributed by atoms with E-state index in [2.05, 4.69) is 12.3 Å². The molecule has 3 nitrogen and oxygen atoms in total. The second-order valence-corrected chi connectivity index (χ2v) is 8.77. The topological polar surface area (TPSA) is 46.5 Å². The zero-order valence-electron chi connectivity index (χ0n) is 17.3. The Balaban J connectivity index is 0.00000300. The van der Waals surface area contributed by atoms with E-state index >= 15 is 0 Å². The van der Waals surface area contributed by atoms with Gasteiger partial charge in [0.05, 0.1) is 6.10 Å². The molecule has 0 bridgehead atoms. The number of aliphatic hydroxyl groups is 1. The molecule has 1 heterocycles. The first kappa shape index (κ1) is 24.9. The molecule has 0 aliphatic heterocycles. The van der Waals surface area contributed by atoms with Crippen molar-refractivity contribution in [2.45, 2.75) is 70.5 Å². The summed E-state index contributed by atoms with van der Waals surface area (Å²) in [7, 11) is 0. The molecule has 29 heavy (non-hydrogen) atoms. The third-order valence-electron chi connectivity index (χ3n) is 5.68. The quantitative estimate of drug-likeness (QED) is 0.338. The molecule has 1 radical (unpaired) electrons. The molecule has 1 aromatic carbocycles. The van der Waals surface area contributed by atoms with Crippen molar-refractivity contribution in [3.63, 3.8) is 0 Å². The molecular formula is C24H31O3SY-. The van der Waals surface area contributed by atoms with Crippen LogP contribution in [0.4, 0.5) is 0 Å². The van der Waals surface area contributed by atoms with Crippen LogP contribution in [-0.2, 0) is 48.8 Å². The molecule has 1 N–H and O–H groups in total. The first-order valence-corrected chi connectivity index (χ1v) is 11.3. The van der Waals surface area contributed by atoms with Gasteiger partial charge < -0.3 is 9.84 Å². The summed E-state index contributed by atoms with van der Waals surface area (Å²) in [6.45, 7) is 3.37. The van der Waals surface area contributed by atoms with Gasteiger partial charge in [0.25, 0.3) is 0 Å². The molecular weight excluding hydrogens is 457 g/mol. The first-order valence-electron chi connectivity index (χ1n) is 10.5. The van der Waals surface area contributed by atoms with E-state index in [1.807, 2.05) is 36.4 Å². The average Bonchev–Trinajstić information content (AvgIpc) is 3.22. The first-order chi connectivity index (χ1) is 13.7. The van der Waals surface area contributed by atoms with Crippen molar-refractivity contribution >= 4 is 17.1 Å². The summed E-state index contributed by atoms with van der Waals surface area (Å²) in [5, 5.41) is 13.4. The van der Waals surface area contributed by atoms with Gasteiger partial charge in [0.15, 0.2) is 0 Å². The minimum atomic E-state index is -0.413. The van der Waals surface area contributed by atoms with Crippen LogP contribution in [0, 0.1) is 11.3 Å². The summed E-state index contributed by atoms with van der Waals surface area (Å²) in [4.78, 5) is 13.8. The number of Topliss-reactive ketones (excluding diaryl/α,β-unsaturated/α-hetero) is 1. The van der Waals surface area contributed by atoms with Crippen molar-refractivity contribution in [3.05, 3.63) is 57.8 Å². The largest absolute Gasteiger partial charge is 0.389 e. The minimum Gasteiger partial charge on any atom is -0.389 e. The Morgan fingerprint density at radius 1 is 1.24 bits per heavy atom. The molecule has 155 valence electrons. The van der Waals surface area contributed by atoms with Crippen LogP contribution in [0.5, 0.6) is 0 Å². The molecule has 3 unspecified atom stereocenters. The number of carbonyl (C=O) groups is 1. The van der Waals surface area contributed by atoms with Crippen molar-refractivity contribution in [1.29, 1.82) is 0 Å². The van der Waals surface area contributed by atoms with Gasteiger partial charge in [-0.2, -0.15) is 12.1 Å². The van der Waals surface area contributed by atoms with Gasteiger partial charge in [0.1, 0.15) is 5.78 Å². The number of unbranched alkanes of at least 4 members (excludes halogenated alkanes) is 2. The molecule has 1 saturated carbocycles. The molecule has 0 spiro atoms. The van der Waals surface area contributed by atoms with E-state index in [9.17, 15) is 9.90 Å². The summed E-state index contributed by atoms with van der Waals surface area (Å²) < 4.78 is 5.93. The second kappa shape index (κ2) is 13.1. The van der Waals surface area contributed by atoms with Gasteiger partial charge >= 0.3 is 0 Å². The van der Waals surface area contributed by atoms with Crippen LogP contribution >= 0.6 is 11.3 Å². The molecule has 5 heteroatoms. The number of ketones is 1. The van der Waals surface area contributed by atoms with E-state index in [-0.39, 0.29) is 44.5 Å². The Labute approximate surface area is 204 Å². The summed E-state index contributed by atoms with van der Waals surface area (Å²) in [6.07, 6.45) is 6.36. The zero-order valence-corrected chi connectivity index (χ0v) is 21.0. The molecule has 3 atom stereocenters. The van der Waals surface area contributed by atoms with Crippen molar-refractivity contribution in [2.75, 3.05) is 6.61 Å². The summed E-state index contributed by atoms with van der Waals surface area (Å²) in [5.41, 5.74) is 2.01. The molecule has 0 saturated heterocycles. The third-order valence-corrected chi connectivity index (χ3v) is 6.45. The monoisotopic (exact) mass is 488 g/mol. The third kappa shape index (κ3) is 7.36. The number of benzene rings is 1. The average molecular weight is 488 g/mol. The van der Waals surface area contributed by atoms with E-state index in [0.29, 0.717) is 25.4 Å². The van der Waals surface area contributed by atoms with Gasteiger partial charge in [-0.1, -0.05) is 50.5 Å². The van der Waals surface area contributed by atoms with Gasteiger partial charge in [-0.15, -0.1) is 10.3 Å². The Kier molecular flexibility index (Phi) is 11.3. The van der Waals surface area contributed by atoms with Crippen LogP contribution in [0.3, 0.4) is 0 Å². The SMILES string of the molecule is CCCCCC(O)c1ccc(C2C(=O)CCCC2COCc2cc[c-]s2)cc1.[Y]. The Morgan fingerprint density at radius 3 is 2.72 bits per heavy atom. The van der Waals surface area contributed by atoms with E-state index in [1.165, 1.54) is 4.88 Å². The van der Waals surface area contributed by atoms with E-state index in [1.54, 1.807) is 11.3 Å². The molecule has 3 rings (SSSR count). The fourth-order valence-electron chi connectivity index (χ4n) is 4.10. The summed E-state index contributed by atoms with van der Waals surface area (Å²) in [6, 6.07) is 12.0. The predicted octanol–water partition coefficient (Wildman–Crippen LogP) is 5.83. The normalized spacial score (nSPS) is 20.3. The second-order valence-electron chi connectivity index (χ2n) is 7.81. The minimum absolute atomic E-state index is 0. The van der Waals surface area contributed by atoms with Gasteiger partial charge in [-0.05, 0) is 36.3 Å². The maximum absolute atomic E-state index is 12.7. The van der Waals surface area contributed by atoms with Gasteiger partial charge in [-0.25, -0.2) is 0 Å². The van der Waals surface area contributed by atoms with Crippen LogP contribution in [0.15, 0.2) is 36.4 Å². The molecule has 0 amide bonds. The predicted molar refractivity (Wildman–Crippen MR) is 113 cm³/mol. The van der Waals surface area contributed by atoms with E-state index in [4.69, 9.17) is 4.74 Å². The van der Waals surface area contributed by atoms with E-state index < -0.39 is 6.10 Å². The summed E-state index contributed by atoms with van der Waals surface area (Å²) in [5.74, 6) is 0.459. The van der Waals surface area contributed by atoms with Gasteiger partial charge in [0.2, 0.25) is 0 Å². The van der Waals surface area contributed by atoms with Crippen LogP contribution in [0.1, 0.15) is 79.9 Å². The number of carbonyl (C=O) groups excluding carboxylic acids is 1. The fraction of sp³-hybridized carbons (Fsp3) is 0.542. The number of aliphatic hydroxyl groups excluding tert-OH is 1. The van der Waals surface area contributed by atoms with Crippen LogP contribution in [0.2, 0.25) is 0 Å². The number of ether oxygens (including phenoxy) is 1.